The van der Waals surface area contributed by atoms with Crippen molar-refractivity contribution in [2.45, 2.75) is 0 Å². The summed E-state index contributed by atoms with van der Waals surface area (Å²) in [5, 5.41) is 4.11. The molecule has 1 aliphatic heterocycles. The molecular formula is C21H15FN2O3. The summed E-state index contributed by atoms with van der Waals surface area (Å²) in [7, 11) is 0. The summed E-state index contributed by atoms with van der Waals surface area (Å²) in [5.74, 6) is -1.74. The van der Waals surface area contributed by atoms with E-state index in [0.717, 1.165) is 16.4 Å². The lowest BCUT2D eigenvalue weighted by molar-refractivity contribution is 0.0607. The van der Waals surface area contributed by atoms with Gasteiger partial charge in [-0.2, -0.15) is 0 Å². The maximum absolute atomic E-state index is 13.2. The van der Waals surface area contributed by atoms with E-state index in [9.17, 15) is 18.8 Å². The molecule has 0 radical (unpaired) electrons. The molecule has 0 aromatic heterocycles. The van der Waals surface area contributed by atoms with Crippen molar-refractivity contribution in [3.63, 3.8) is 0 Å². The standard InChI is InChI=1S/C21H15FN2O3/c22-15-7-1-6-14(12-15)19(25)23-10-11-24-20(26)16-8-2-4-13-5-3-9-17(18(13)16)21(24)27/h1-9,12H,10-11H2,(H,23,25). The summed E-state index contributed by atoms with van der Waals surface area (Å²) in [6.07, 6.45) is 0. The molecule has 0 saturated carbocycles. The van der Waals surface area contributed by atoms with Gasteiger partial charge >= 0.3 is 0 Å². The van der Waals surface area contributed by atoms with E-state index in [4.69, 9.17) is 0 Å². The molecule has 6 heteroatoms. The first-order valence-electron chi connectivity index (χ1n) is 8.48. The topological polar surface area (TPSA) is 66.5 Å². The molecule has 1 heterocycles. The molecule has 3 amide bonds. The summed E-state index contributed by atoms with van der Waals surface area (Å²) in [5.41, 5.74) is 1.12. The van der Waals surface area contributed by atoms with Crippen molar-refractivity contribution in [1.82, 2.24) is 10.2 Å². The number of imide groups is 1. The van der Waals surface area contributed by atoms with E-state index in [0.29, 0.717) is 16.5 Å². The van der Waals surface area contributed by atoms with Gasteiger partial charge in [0.15, 0.2) is 0 Å². The third-order valence-corrected chi connectivity index (χ3v) is 4.56. The largest absolute Gasteiger partial charge is 0.350 e. The molecule has 27 heavy (non-hydrogen) atoms. The van der Waals surface area contributed by atoms with Crippen LogP contribution >= 0.6 is 0 Å². The van der Waals surface area contributed by atoms with Gasteiger partial charge in [0.1, 0.15) is 5.82 Å². The molecule has 1 aliphatic rings. The molecule has 1 N–H and O–H groups in total. The molecule has 0 fully saturated rings. The molecule has 3 aromatic rings. The zero-order valence-electron chi connectivity index (χ0n) is 14.2. The number of hydrogen-bond acceptors (Lipinski definition) is 3. The Morgan fingerprint density at radius 3 is 2.19 bits per heavy atom. The normalized spacial score (nSPS) is 13.1. The van der Waals surface area contributed by atoms with E-state index in [1.807, 2.05) is 12.1 Å². The van der Waals surface area contributed by atoms with Crippen LogP contribution < -0.4 is 5.32 Å². The van der Waals surface area contributed by atoms with Gasteiger partial charge in [-0.25, -0.2) is 4.39 Å². The highest BCUT2D eigenvalue weighted by Crippen LogP contribution is 2.29. The maximum Gasteiger partial charge on any atom is 0.261 e. The number of rotatable bonds is 4. The molecule has 0 atom stereocenters. The van der Waals surface area contributed by atoms with Crippen LogP contribution in [-0.2, 0) is 0 Å². The third-order valence-electron chi connectivity index (χ3n) is 4.56. The van der Waals surface area contributed by atoms with Crippen LogP contribution in [0, 0.1) is 5.82 Å². The molecular weight excluding hydrogens is 347 g/mol. The summed E-state index contributed by atoms with van der Waals surface area (Å²) in [6.45, 7) is 0.106. The number of benzene rings is 3. The van der Waals surface area contributed by atoms with Gasteiger partial charge < -0.3 is 5.32 Å². The van der Waals surface area contributed by atoms with E-state index in [1.165, 1.54) is 18.2 Å². The van der Waals surface area contributed by atoms with Crippen molar-refractivity contribution >= 4 is 28.5 Å². The second kappa shape index (κ2) is 6.64. The van der Waals surface area contributed by atoms with Crippen LogP contribution in [0.15, 0.2) is 60.7 Å². The van der Waals surface area contributed by atoms with Crippen molar-refractivity contribution in [2.75, 3.05) is 13.1 Å². The smallest absolute Gasteiger partial charge is 0.261 e. The molecule has 4 rings (SSSR count). The molecule has 0 aliphatic carbocycles. The SMILES string of the molecule is O=C(NCCN1C(=O)c2cccc3cccc(c23)C1=O)c1cccc(F)c1. The fourth-order valence-electron chi connectivity index (χ4n) is 3.30. The quantitative estimate of drug-likeness (QED) is 0.726. The zero-order chi connectivity index (χ0) is 19.0. The first kappa shape index (κ1) is 16.9. The Morgan fingerprint density at radius 2 is 1.56 bits per heavy atom. The monoisotopic (exact) mass is 362 g/mol. The van der Waals surface area contributed by atoms with Crippen molar-refractivity contribution in [1.29, 1.82) is 0 Å². The van der Waals surface area contributed by atoms with Crippen LogP contribution in [0.4, 0.5) is 4.39 Å². The number of halogens is 1. The number of nitrogens with one attached hydrogen (secondary N) is 1. The van der Waals surface area contributed by atoms with Crippen molar-refractivity contribution in [3.05, 3.63) is 83.2 Å². The maximum atomic E-state index is 13.2. The van der Waals surface area contributed by atoms with Gasteiger partial charge in [-0.1, -0.05) is 30.3 Å². The number of carbonyl (C=O) groups excluding carboxylic acids is 3. The van der Waals surface area contributed by atoms with Crippen LogP contribution in [0.5, 0.6) is 0 Å². The summed E-state index contributed by atoms with van der Waals surface area (Å²) in [6, 6.07) is 16.0. The highest BCUT2D eigenvalue weighted by atomic mass is 19.1. The number of hydrogen-bond donors (Lipinski definition) is 1. The summed E-state index contributed by atoms with van der Waals surface area (Å²) >= 11 is 0. The van der Waals surface area contributed by atoms with Gasteiger partial charge in [0, 0.05) is 35.2 Å². The summed E-state index contributed by atoms with van der Waals surface area (Å²) in [4.78, 5) is 38.7. The molecule has 134 valence electrons. The van der Waals surface area contributed by atoms with Gasteiger partial charge in [0.05, 0.1) is 0 Å². The minimum absolute atomic E-state index is 0.0312. The van der Waals surface area contributed by atoms with E-state index < -0.39 is 11.7 Å². The van der Waals surface area contributed by atoms with Gasteiger partial charge in [0.25, 0.3) is 17.7 Å². The van der Waals surface area contributed by atoms with E-state index in [2.05, 4.69) is 5.32 Å². The minimum Gasteiger partial charge on any atom is -0.350 e. The van der Waals surface area contributed by atoms with Gasteiger partial charge in [-0.15, -0.1) is 0 Å². The van der Waals surface area contributed by atoms with Crippen molar-refractivity contribution in [2.24, 2.45) is 0 Å². The van der Waals surface area contributed by atoms with E-state index in [1.54, 1.807) is 24.3 Å². The molecule has 5 nitrogen and oxygen atoms in total. The Labute approximate surface area is 154 Å². The van der Waals surface area contributed by atoms with Gasteiger partial charge in [0.2, 0.25) is 0 Å². The lowest BCUT2D eigenvalue weighted by Crippen LogP contribution is -2.44. The summed E-state index contributed by atoms with van der Waals surface area (Å²) < 4.78 is 13.2. The predicted octanol–water partition coefficient (Wildman–Crippen LogP) is 3.00. The number of amides is 3. The van der Waals surface area contributed by atoms with Crippen LogP contribution in [0.3, 0.4) is 0 Å². The highest BCUT2D eigenvalue weighted by Gasteiger charge is 2.32. The first-order chi connectivity index (χ1) is 13.1. The lowest BCUT2D eigenvalue weighted by Gasteiger charge is -2.27. The zero-order valence-corrected chi connectivity index (χ0v) is 14.2. The second-order valence-corrected chi connectivity index (χ2v) is 6.24. The minimum atomic E-state index is -0.506. The second-order valence-electron chi connectivity index (χ2n) is 6.24. The molecule has 0 unspecified atom stereocenters. The van der Waals surface area contributed by atoms with Crippen molar-refractivity contribution < 1.29 is 18.8 Å². The van der Waals surface area contributed by atoms with Crippen LogP contribution in [0.2, 0.25) is 0 Å². The Kier molecular flexibility index (Phi) is 4.16. The average Bonchev–Trinajstić information content (AvgIpc) is 2.68. The van der Waals surface area contributed by atoms with Gasteiger partial charge in [-0.3, -0.25) is 19.3 Å². The predicted molar refractivity (Wildman–Crippen MR) is 98.0 cm³/mol. The fourth-order valence-corrected chi connectivity index (χ4v) is 3.30. The lowest BCUT2D eigenvalue weighted by atomic mass is 9.94. The highest BCUT2D eigenvalue weighted by molar-refractivity contribution is 6.25. The van der Waals surface area contributed by atoms with E-state index >= 15 is 0 Å². The molecule has 0 spiro atoms. The third kappa shape index (κ3) is 2.95. The van der Waals surface area contributed by atoms with Crippen LogP contribution in [0.1, 0.15) is 31.1 Å². The Hall–Kier alpha value is -3.54. The molecule has 0 bridgehead atoms. The first-order valence-corrected chi connectivity index (χ1v) is 8.48. The van der Waals surface area contributed by atoms with Gasteiger partial charge in [-0.05, 0) is 35.7 Å². The van der Waals surface area contributed by atoms with Crippen LogP contribution in [-0.4, -0.2) is 35.7 Å². The Morgan fingerprint density at radius 1 is 0.926 bits per heavy atom. The fraction of sp³-hybridized carbons (Fsp3) is 0.0952. The molecule has 0 saturated heterocycles. The molecule has 3 aromatic carbocycles. The number of carbonyl (C=O) groups is 3. The van der Waals surface area contributed by atoms with Crippen LogP contribution in [0.25, 0.3) is 10.8 Å². The average molecular weight is 362 g/mol. The number of nitrogens with zero attached hydrogens (tertiary/aromatic N) is 1. The van der Waals surface area contributed by atoms with E-state index in [-0.39, 0.29) is 30.5 Å². The Bertz CT molecular complexity index is 1040. The van der Waals surface area contributed by atoms with Crippen molar-refractivity contribution in [3.8, 4) is 0 Å². The Balaban J connectivity index is 1.51.